The van der Waals surface area contributed by atoms with Gasteiger partial charge in [-0.2, -0.15) is 0 Å². The largest absolute Gasteiger partial charge is 0.356 e. The molecule has 96 valence electrons. The normalized spacial score (nSPS) is 13.1. The first-order valence-corrected chi connectivity index (χ1v) is 7.02. The Morgan fingerprint density at radius 2 is 1.89 bits per heavy atom. The van der Waals surface area contributed by atoms with E-state index in [0.717, 1.165) is 22.3 Å². The number of halogens is 1. The standard InChI is InChI=1S/C16H20BrN/c1-4-7-15(6-3)18-16(8-5-2)13-9-11-14(17)12-10-13/h4,6-12,18H,5H2,1-3H3/b7-4-,15-6+,16-8+. The highest BCUT2D eigenvalue weighted by atomic mass is 79.9. The zero-order valence-electron chi connectivity index (χ0n) is 11.2. The van der Waals surface area contributed by atoms with Crippen molar-refractivity contribution < 1.29 is 0 Å². The molecule has 0 aliphatic rings. The van der Waals surface area contributed by atoms with Gasteiger partial charge in [-0.15, -0.1) is 0 Å². The molecule has 0 atom stereocenters. The van der Waals surface area contributed by atoms with Gasteiger partial charge >= 0.3 is 0 Å². The van der Waals surface area contributed by atoms with Crippen molar-refractivity contribution in [1.82, 2.24) is 5.32 Å². The Balaban J connectivity index is 2.97. The van der Waals surface area contributed by atoms with Gasteiger partial charge in [0.05, 0.1) is 0 Å². The van der Waals surface area contributed by atoms with Crippen LogP contribution in [-0.4, -0.2) is 0 Å². The Morgan fingerprint density at radius 3 is 2.39 bits per heavy atom. The quantitative estimate of drug-likeness (QED) is 0.731. The van der Waals surface area contributed by atoms with E-state index in [9.17, 15) is 0 Å². The third-order valence-corrected chi connectivity index (χ3v) is 3.03. The van der Waals surface area contributed by atoms with Gasteiger partial charge in [0, 0.05) is 15.9 Å². The van der Waals surface area contributed by atoms with Gasteiger partial charge in [0.2, 0.25) is 0 Å². The molecule has 1 rings (SSSR count). The SMILES string of the molecule is C/C=C\C(=C/C)N/C(=C/CC)c1ccc(Br)cc1. The molecule has 0 spiro atoms. The summed E-state index contributed by atoms with van der Waals surface area (Å²) in [7, 11) is 0. The van der Waals surface area contributed by atoms with Crippen LogP contribution in [0.4, 0.5) is 0 Å². The lowest BCUT2D eigenvalue weighted by molar-refractivity contribution is 1.10. The fourth-order valence-electron chi connectivity index (χ4n) is 1.62. The van der Waals surface area contributed by atoms with Crippen LogP contribution in [0.15, 0.2) is 58.7 Å². The van der Waals surface area contributed by atoms with Crippen LogP contribution in [0.1, 0.15) is 32.8 Å². The van der Waals surface area contributed by atoms with Crippen LogP contribution in [0, 0.1) is 0 Å². The van der Waals surface area contributed by atoms with E-state index < -0.39 is 0 Å². The summed E-state index contributed by atoms with van der Waals surface area (Å²) >= 11 is 3.46. The Hall–Kier alpha value is -1.28. The van der Waals surface area contributed by atoms with Crippen LogP contribution in [0.2, 0.25) is 0 Å². The molecule has 0 aromatic heterocycles. The van der Waals surface area contributed by atoms with Crippen molar-refractivity contribution in [2.75, 3.05) is 0 Å². The van der Waals surface area contributed by atoms with E-state index in [4.69, 9.17) is 0 Å². The molecular weight excluding hydrogens is 286 g/mol. The van der Waals surface area contributed by atoms with E-state index >= 15 is 0 Å². The molecule has 1 aromatic carbocycles. The number of benzene rings is 1. The smallest absolute Gasteiger partial charge is 0.0417 e. The summed E-state index contributed by atoms with van der Waals surface area (Å²) in [5.41, 5.74) is 3.46. The van der Waals surface area contributed by atoms with Crippen molar-refractivity contribution in [2.45, 2.75) is 27.2 Å². The minimum atomic E-state index is 1.01. The molecule has 0 saturated carbocycles. The summed E-state index contributed by atoms with van der Waals surface area (Å²) in [5, 5.41) is 3.46. The summed E-state index contributed by atoms with van der Waals surface area (Å²) in [6, 6.07) is 8.35. The molecule has 1 N–H and O–H groups in total. The summed E-state index contributed by atoms with van der Waals surface area (Å²) in [5.74, 6) is 0. The third-order valence-electron chi connectivity index (χ3n) is 2.50. The monoisotopic (exact) mass is 305 g/mol. The van der Waals surface area contributed by atoms with Gasteiger partial charge in [-0.1, -0.05) is 53.2 Å². The van der Waals surface area contributed by atoms with Crippen molar-refractivity contribution in [1.29, 1.82) is 0 Å². The topological polar surface area (TPSA) is 12.0 Å². The first-order chi connectivity index (χ1) is 8.71. The summed E-state index contributed by atoms with van der Waals surface area (Å²) < 4.78 is 1.10. The molecule has 0 aliphatic heterocycles. The molecule has 1 nitrogen and oxygen atoms in total. The predicted octanol–water partition coefficient (Wildman–Crippen LogP) is 5.27. The molecule has 18 heavy (non-hydrogen) atoms. The maximum atomic E-state index is 3.46. The predicted molar refractivity (Wildman–Crippen MR) is 84.1 cm³/mol. The molecule has 0 radical (unpaired) electrons. The highest BCUT2D eigenvalue weighted by molar-refractivity contribution is 9.10. The molecule has 2 heteroatoms. The van der Waals surface area contributed by atoms with Crippen LogP contribution >= 0.6 is 15.9 Å². The number of nitrogens with one attached hydrogen (secondary N) is 1. The average Bonchev–Trinajstić information content (AvgIpc) is 2.38. The van der Waals surface area contributed by atoms with Crippen LogP contribution in [0.5, 0.6) is 0 Å². The fourth-order valence-corrected chi connectivity index (χ4v) is 1.88. The van der Waals surface area contributed by atoms with E-state index in [-0.39, 0.29) is 0 Å². The molecule has 0 bridgehead atoms. The van der Waals surface area contributed by atoms with E-state index in [2.05, 4.69) is 70.7 Å². The molecular formula is C16H20BrN. The summed E-state index contributed by atoms with van der Waals surface area (Å²) in [4.78, 5) is 0. The van der Waals surface area contributed by atoms with E-state index in [1.54, 1.807) is 0 Å². The first-order valence-electron chi connectivity index (χ1n) is 6.23. The van der Waals surface area contributed by atoms with Crippen molar-refractivity contribution >= 4 is 21.6 Å². The molecule has 0 heterocycles. The highest BCUT2D eigenvalue weighted by Crippen LogP contribution is 2.18. The van der Waals surface area contributed by atoms with E-state index in [1.165, 1.54) is 5.56 Å². The summed E-state index contributed by atoms with van der Waals surface area (Å²) in [6.07, 6.45) is 9.39. The number of hydrogen-bond donors (Lipinski definition) is 1. The van der Waals surface area contributed by atoms with Gasteiger partial charge in [-0.3, -0.25) is 0 Å². The Labute approximate surface area is 118 Å². The number of hydrogen-bond acceptors (Lipinski definition) is 1. The molecule has 0 amide bonds. The average molecular weight is 306 g/mol. The van der Waals surface area contributed by atoms with Gasteiger partial charge in [0.15, 0.2) is 0 Å². The zero-order valence-corrected chi connectivity index (χ0v) is 12.8. The molecule has 0 aliphatic carbocycles. The molecule has 0 fully saturated rings. The van der Waals surface area contributed by atoms with Crippen LogP contribution in [0.25, 0.3) is 5.70 Å². The van der Waals surface area contributed by atoms with Gasteiger partial charge in [0.1, 0.15) is 0 Å². The van der Waals surface area contributed by atoms with Crippen molar-refractivity contribution in [3.63, 3.8) is 0 Å². The molecule has 0 saturated heterocycles. The summed E-state index contributed by atoms with van der Waals surface area (Å²) in [6.45, 7) is 6.20. The van der Waals surface area contributed by atoms with Gasteiger partial charge < -0.3 is 5.32 Å². The lowest BCUT2D eigenvalue weighted by Gasteiger charge is -2.12. The maximum absolute atomic E-state index is 3.46. The van der Waals surface area contributed by atoms with Gasteiger partial charge in [-0.05, 0) is 44.0 Å². The second-order valence-electron chi connectivity index (χ2n) is 3.90. The van der Waals surface area contributed by atoms with Gasteiger partial charge in [0.25, 0.3) is 0 Å². The van der Waals surface area contributed by atoms with Crippen molar-refractivity contribution in [2.24, 2.45) is 0 Å². The molecule has 0 unspecified atom stereocenters. The Kier molecular flexibility index (Phi) is 6.51. The maximum Gasteiger partial charge on any atom is 0.0417 e. The lowest BCUT2D eigenvalue weighted by Crippen LogP contribution is -2.10. The molecule has 1 aromatic rings. The van der Waals surface area contributed by atoms with Gasteiger partial charge in [-0.25, -0.2) is 0 Å². The second-order valence-corrected chi connectivity index (χ2v) is 4.82. The van der Waals surface area contributed by atoms with E-state index in [0.29, 0.717) is 0 Å². The number of rotatable bonds is 5. The van der Waals surface area contributed by atoms with Crippen LogP contribution in [-0.2, 0) is 0 Å². The van der Waals surface area contributed by atoms with Crippen molar-refractivity contribution in [3.8, 4) is 0 Å². The minimum Gasteiger partial charge on any atom is -0.356 e. The lowest BCUT2D eigenvalue weighted by atomic mass is 10.1. The van der Waals surface area contributed by atoms with E-state index in [1.807, 2.05) is 19.9 Å². The first kappa shape index (κ1) is 14.8. The Morgan fingerprint density at radius 1 is 1.22 bits per heavy atom. The zero-order chi connectivity index (χ0) is 13.4. The number of allylic oxidation sites excluding steroid dienone is 4. The van der Waals surface area contributed by atoms with Crippen molar-refractivity contribution in [3.05, 3.63) is 64.3 Å². The fraction of sp³-hybridized carbons (Fsp3) is 0.250. The minimum absolute atomic E-state index is 1.01. The van der Waals surface area contributed by atoms with Crippen LogP contribution in [0.3, 0.4) is 0 Å². The second kappa shape index (κ2) is 7.93. The highest BCUT2D eigenvalue weighted by Gasteiger charge is 2.01. The van der Waals surface area contributed by atoms with Crippen LogP contribution < -0.4 is 5.32 Å². The third kappa shape index (κ3) is 4.53. The Bertz CT molecular complexity index is 452.